The average molecular weight is 173 g/mol. The zero-order chi connectivity index (χ0) is 8.85. The molecule has 0 aromatic carbocycles. The van der Waals surface area contributed by atoms with Crippen molar-refractivity contribution in [1.29, 1.82) is 0 Å². The van der Waals surface area contributed by atoms with Gasteiger partial charge in [-0.15, -0.1) is 11.8 Å². The Morgan fingerprint density at radius 3 is 2.36 bits per heavy atom. The van der Waals surface area contributed by atoms with Crippen LogP contribution in [0.15, 0.2) is 9.98 Å². The van der Waals surface area contributed by atoms with E-state index in [9.17, 15) is 0 Å². The van der Waals surface area contributed by atoms with E-state index in [0.717, 1.165) is 5.04 Å². The maximum absolute atomic E-state index is 5.50. The molecule has 0 aliphatic heterocycles. The van der Waals surface area contributed by atoms with Crippen molar-refractivity contribution in [2.75, 3.05) is 6.26 Å². The van der Waals surface area contributed by atoms with E-state index in [1.807, 2.05) is 27.0 Å². The van der Waals surface area contributed by atoms with Crippen molar-refractivity contribution < 1.29 is 0 Å². The first-order valence-electron chi connectivity index (χ1n) is 3.48. The van der Waals surface area contributed by atoms with Crippen molar-refractivity contribution >= 4 is 22.8 Å². The summed E-state index contributed by atoms with van der Waals surface area (Å²) in [5, 5.41) is 0.937. The lowest BCUT2D eigenvalue weighted by Gasteiger charge is -1.98. The minimum atomic E-state index is 0.216. The van der Waals surface area contributed by atoms with Crippen LogP contribution < -0.4 is 5.73 Å². The SMILES string of the molecule is CSC(C)=NC(N)=NC(C)C. The Bertz CT molecular complexity index is 173. The fourth-order valence-electron chi connectivity index (χ4n) is 0.500. The third-order valence-electron chi connectivity index (χ3n) is 0.958. The molecule has 2 N–H and O–H groups in total. The molecule has 0 atom stereocenters. The largest absolute Gasteiger partial charge is 0.368 e. The molecule has 0 aromatic heterocycles. The first-order chi connectivity index (χ1) is 5.06. The number of thioether (sulfide) groups is 1. The second-order valence-electron chi connectivity index (χ2n) is 2.42. The molecular weight excluding hydrogens is 158 g/mol. The summed E-state index contributed by atoms with van der Waals surface area (Å²) < 4.78 is 0. The maximum atomic E-state index is 5.50. The molecule has 0 amide bonds. The molecule has 0 heterocycles. The van der Waals surface area contributed by atoms with E-state index in [1.165, 1.54) is 0 Å². The lowest BCUT2D eigenvalue weighted by molar-refractivity contribution is 0.832. The quantitative estimate of drug-likeness (QED) is 0.482. The van der Waals surface area contributed by atoms with E-state index >= 15 is 0 Å². The number of rotatable bonds is 1. The van der Waals surface area contributed by atoms with Gasteiger partial charge in [0.2, 0.25) is 5.96 Å². The monoisotopic (exact) mass is 173 g/mol. The molecule has 0 unspecified atom stereocenters. The van der Waals surface area contributed by atoms with Crippen molar-refractivity contribution in [2.24, 2.45) is 15.7 Å². The Kier molecular flexibility index (Phi) is 4.94. The smallest absolute Gasteiger partial charge is 0.216 e. The summed E-state index contributed by atoms with van der Waals surface area (Å²) in [6.07, 6.45) is 1.96. The molecule has 11 heavy (non-hydrogen) atoms. The summed E-state index contributed by atoms with van der Waals surface area (Å²) in [4.78, 5) is 8.10. The summed E-state index contributed by atoms with van der Waals surface area (Å²) in [5.41, 5.74) is 5.50. The zero-order valence-corrected chi connectivity index (χ0v) is 8.27. The number of guanidine groups is 1. The Labute approximate surface area is 72.2 Å². The molecule has 64 valence electrons. The van der Waals surface area contributed by atoms with Gasteiger partial charge in [0.05, 0.1) is 5.04 Å². The first-order valence-corrected chi connectivity index (χ1v) is 4.71. The van der Waals surface area contributed by atoms with E-state index in [0.29, 0.717) is 5.96 Å². The fourth-order valence-corrected chi connectivity index (χ4v) is 0.685. The minimum absolute atomic E-state index is 0.216. The van der Waals surface area contributed by atoms with E-state index in [-0.39, 0.29) is 6.04 Å². The van der Waals surface area contributed by atoms with Crippen LogP contribution >= 0.6 is 11.8 Å². The molecule has 0 bridgehead atoms. The Hall–Kier alpha value is -0.510. The van der Waals surface area contributed by atoms with Crippen LogP contribution in [-0.4, -0.2) is 23.3 Å². The first kappa shape index (κ1) is 10.5. The van der Waals surface area contributed by atoms with Gasteiger partial charge in [-0.1, -0.05) is 0 Å². The van der Waals surface area contributed by atoms with Crippen molar-refractivity contribution in [3.8, 4) is 0 Å². The van der Waals surface area contributed by atoms with Crippen LogP contribution in [-0.2, 0) is 0 Å². The summed E-state index contributed by atoms with van der Waals surface area (Å²) in [6.45, 7) is 5.85. The van der Waals surface area contributed by atoms with Crippen LogP contribution in [0.25, 0.3) is 0 Å². The summed E-state index contributed by atoms with van der Waals surface area (Å²) in [7, 11) is 0. The van der Waals surface area contributed by atoms with Crippen LogP contribution in [0, 0.1) is 0 Å². The third-order valence-corrected chi connectivity index (χ3v) is 1.64. The molecule has 0 fully saturated rings. The number of hydrogen-bond donors (Lipinski definition) is 1. The van der Waals surface area contributed by atoms with Crippen LogP contribution in [0.3, 0.4) is 0 Å². The number of hydrogen-bond acceptors (Lipinski definition) is 2. The highest BCUT2D eigenvalue weighted by atomic mass is 32.2. The lowest BCUT2D eigenvalue weighted by atomic mass is 10.4. The van der Waals surface area contributed by atoms with E-state index in [2.05, 4.69) is 9.98 Å². The standard InChI is InChI=1S/C7H15N3S/c1-5(2)9-7(8)10-6(3)11-4/h5H,1-4H3,(H2,8,9). The summed E-state index contributed by atoms with van der Waals surface area (Å²) in [6, 6.07) is 0.216. The van der Waals surface area contributed by atoms with Gasteiger partial charge in [-0.05, 0) is 27.0 Å². The topological polar surface area (TPSA) is 50.7 Å². The molecule has 0 rings (SSSR count). The highest BCUT2D eigenvalue weighted by Crippen LogP contribution is 1.96. The molecule has 0 aliphatic rings. The maximum Gasteiger partial charge on any atom is 0.216 e. The van der Waals surface area contributed by atoms with Gasteiger partial charge >= 0.3 is 0 Å². The van der Waals surface area contributed by atoms with Crippen LogP contribution in [0.2, 0.25) is 0 Å². The highest BCUT2D eigenvalue weighted by molar-refractivity contribution is 8.13. The lowest BCUT2D eigenvalue weighted by Crippen LogP contribution is -2.12. The van der Waals surface area contributed by atoms with Gasteiger partial charge in [0.1, 0.15) is 0 Å². The van der Waals surface area contributed by atoms with E-state index < -0.39 is 0 Å². The van der Waals surface area contributed by atoms with Gasteiger partial charge in [0, 0.05) is 6.04 Å². The van der Waals surface area contributed by atoms with E-state index in [1.54, 1.807) is 11.8 Å². The van der Waals surface area contributed by atoms with Gasteiger partial charge < -0.3 is 5.73 Å². The molecule has 0 saturated heterocycles. The Balaban J connectivity index is 4.15. The number of aliphatic imine (C=N–C) groups is 2. The molecule has 0 spiro atoms. The summed E-state index contributed by atoms with van der Waals surface area (Å²) in [5.74, 6) is 0.367. The number of nitrogens with zero attached hydrogens (tertiary/aromatic N) is 2. The molecule has 0 saturated carbocycles. The van der Waals surface area contributed by atoms with Crippen molar-refractivity contribution in [3.63, 3.8) is 0 Å². The Morgan fingerprint density at radius 2 is 2.00 bits per heavy atom. The Morgan fingerprint density at radius 1 is 1.45 bits per heavy atom. The molecule has 3 nitrogen and oxygen atoms in total. The average Bonchev–Trinajstić information content (AvgIpc) is 1.85. The van der Waals surface area contributed by atoms with Gasteiger partial charge in [0.15, 0.2) is 0 Å². The van der Waals surface area contributed by atoms with Gasteiger partial charge in [-0.2, -0.15) is 0 Å². The molecular formula is C7H15N3S. The fraction of sp³-hybridized carbons (Fsp3) is 0.714. The van der Waals surface area contributed by atoms with Crippen LogP contribution in [0.1, 0.15) is 20.8 Å². The second kappa shape index (κ2) is 5.18. The van der Waals surface area contributed by atoms with Crippen molar-refractivity contribution in [1.82, 2.24) is 0 Å². The third kappa shape index (κ3) is 5.91. The highest BCUT2D eigenvalue weighted by Gasteiger charge is 1.92. The molecule has 0 aromatic rings. The normalized spacial score (nSPS) is 14.3. The summed E-state index contributed by atoms with van der Waals surface area (Å²) >= 11 is 1.57. The van der Waals surface area contributed by atoms with Gasteiger partial charge in [-0.25, -0.2) is 9.98 Å². The predicted molar refractivity (Wildman–Crippen MR) is 53.4 cm³/mol. The molecule has 0 radical (unpaired) electrons. The van der Waals surface area contributed by atoms with Gasteiger partial charge in [0.25, 0.3) is 0 Å². The second-order valence-corrected chi connectivity index (χ2v) is 3.42. The van der Waals surface area contributed by atoms with Crippen molar-refractivity contribution in [2.45, 2.75) is 26.8 Å². The zero-order valence-electron chi connectivity index (χ0n) is 7.46. The predicted octanol–water partition coefficient (Wildman–Crippen LogP) is 1.49. The van der Waals surface area contributed by atoms with Crippen LogP contribution in [0.5, 0.6) is 0 Å². The van der Waals surface area contributed by atoms with Crippen LogP contribution in [0.4, 0.5) is 0 Å². The van der Waals surface area contributed by atoms with Crippen molar-refractivity contribution in [3.05, 3.63) is 0 Å². The number of nitrogens with two attached hydrogens (primary N) is 1. The van der Waals surface area contributed by atoms with Gasteiger partial charge in [-0.3, -0.25) is 0 Å². The molecule has 0 aliphatic carbocycles. The minimum Gasteiger partial charge on any atom is -0.368 e. The van der Waals surface area contributed by atoms with E-state index in [4.69, 9.17) is 5.73 Å². The molecule has 4 heteroatoms.